The number of aryl methyl sites for hydroxylation is 2. The van der Waals surface area contributed by atoms with Crippen LogP contribution in [-0.4, -0.2) is 16.7 Å². The van der Waals surface area contributed by atoms with Gasteiger partial charge in [-0.1, -0.05) is 19.0 Å². The molecule has 1 aromatic carbocycles. The zero-order chi connectivity index (χ0) is 15.6. The Hall–Kier alpha value is -1.88. The van der Waals surface area contributed by atoms with Crippen LogP contribution in [0, 0.1) is 19.8 Å². The summed E-state index contributed by atoms with van der Waals surface area (Å²) in [6.45, 7) is 10.8. The van der Waals surface area contributed by atoms with Gasteiger partial charge in [0.25, 0.3) is 0 Å². The van der Waals surface area contributed by atoms with Crippen LogP contribution in [0.4, 0.5) is 0 Å². The van der Waals surface area contributed by atoms with Crippen molar-refractivity contribution in [2.75, 3.05) is 6.61 Å². The molecule has 1 heterocycles. The van der Waals surface area contributed by atoms with Crippen molar-refractivity contribution in [3.63, 3.8) is 0 Å². The normalized spacial score (nSPS) is 12.7. The Kier molecular flexibility index (Phi) is 4.63. The summed E-state index contributed by atoms with van der Waals surface area (Å²) in [5.41, 5.74) is 8.79. The van der Waals surface area contributed by atoms with Crippen molar-refractivity contribution in [2.45, 2.75) is 40.7 Å². The third-order valence-electron chi connectivity index (χ3n) is 3.11. The smallest absolute Gasteiger partial charge is 0.243 e. The lowest BCUT2D eigenvalue weighted by atomic mass is 10.1. The second kappa shape index (κ2) is 6.26. The SMILES string of the molecule is Cc1cc(-c2noc([C@@H](C)N)n2)cc(C)c1OCC(C)C. The molecule has 0 spiro atoms. The van der Waals surface area contributed by atoms with Crippen LogP contribution in [0.5, 0.6) is 5.75 Å². The number of nitrogens with two attached hydrogens (primary N) is 1. The maximum absolute atomic E-state index is 5.88. The Labute approximate surface area is 125 Å². The zero-order valence-electron chi connectivity index (χ0n) is 13.3. The summed E-state index contributed by atoms with van der Waals surface area (Å²) in [6, 6.07) is 3.76. The minimum Gasteiger partial charge on any atom is -0.493 e. The maximum atomic E-state index is 5.88. The summed E-state index contributed by atoms with van der Waals surface area (Å²) in [4.78, 5) is 4.32. The van der Waals surface area contributed by atoms with Crippen molar-refractivity contribution >= 4 is 0 Å². The number of hydrogen-bond acceptors (Lipinski definition) is 5. The molecular formula is C16H23N3O2. The lowest BCUT2D eigenvalue weighted by Crippen LogP contribution is -2.07. The van der Waals surface area contributed by atoms with Crippen molar-refractivity contribution in [2.24, 2.45) is 11.7 Å². The number of hydrogen-bond donors (Lipinski definition) is 1. The Bertz CT molecular complexity index is 595. The van der Waals surface area contributed by atoms with E-state index < -0.39 is 0 Å². The summed E-state index contributed by atoms with van der Waals surface area (Å²) in [5, 5.41) is 3.99. The first kappa shape index (κ1) is 15.5. The highest BCUT2D eigenvalue weighted by molar-refractivity contribution is 5.61. The first-order valence-corrected chi connectivity index (χ1v) is 7.22. The van der Waals surface area contributed by atoms with Crippen molar-refractivity contribution in [1.82, 2.24) is 10.1 Å². The van der Waals surface area contributed by atoms with E-state index in [2.05, 4.69) is 24.0 Å². The van der Waals surface area contributed by atoms with Gasteiger partial charge >= 0.3 is 0 Å². The second-order valence-electron chi connectivity index (χ2n) is 5.89. The summed E-state index contributed by atoms with van der Waals surface area (Å²) < 4.78 is 11.0. The van der Waals surface area contributed by atoms with Crippen molar-refractivity contribution in [3.05, 3.63) is 29.2 Å². The van der Waals surface area contributed by atoms with E-state index in [-0.39, 0.29) is 6.04 Å². The Morgan fingerprint density at radius 3 is 2.29 bits per heavy atom. The molecule has 0 amide bonds. The van der Waals surface area contributed by atoms with Gasteiger partial charge in [0.05, 0.1) is 12.6 Å². The minimum absolute atomic E-state index is 0.262. The van der Waals surface area contributed by atoms with Gasteiger partial charge in [0, 0.05) is 5.56 Å². The van der Waals surface area contributed by atoms with Gasteiger partial charge in [-0.25, -0.2) is 0 Å². The second-order valence-corrected chi connectivity index (χ2v) is 5.89. The molecule has 2 N–H and O–H groups in total. The molecule has 114 valence electrons. The molecule has 1 aromatic heterocycles. The number of aromatic nitrogens is 2. The molecule has 21 heavy (non-hydrogen) atoms. The van der Waals surface area contributed by atoms with E-state index in [0.717, 1.165) is 22.4 Å². The predicted molar refractivity (Wildman–Crippen MR) is 82.1 cm³/mol. The summed E-state index contributed by atoms with van der Waals surface area (Å²) in [5.74, 6) is 2.43. The van der Waals surface area contributed by atoms with E-state index >= 15 is 0 Å². The van der Waals surface area contributed by atoms with Crippen LogP contribution in [0.3, 0.4) is 0 Å². The quantitative estimate of drug-likeness (QED) is 0.913. The molecule has 0 radical (unpaired) electrons. The molecule has 5 nitrogen and oxygen atoms in total. The molecule has 1 atom stereocenters. The average Bonchev–Trinajstić information content (AvgIpc) is 2.86. The monoisotopic (exact) mass is 289 g/mol. The van der Waals surface area contributed by atoms with Crippen LogP contribution in [0.15, 0.2) is 16.7 Å². The van der Waals surface area contributed by atoms with Crippen LogP contribution in [0.25, 0.3) is 11.4 Å². The topological polar surface area (TPSA) is 74.2 Å². The van der Waals surface area contributed by atoms with Crippen molar-refractivity contribution in [1.29, 1.82) is 0 Å². The summed E-state index contributed by atoms with van der Waals surface area (Å²) in [6.07, 6.45) is 0. The van der Waals surface area contributed by atoms with Gasteiger partial charge in [0.2, 0.25) is 11.7 Å². The number of ether oxygens (including phenoxy) is 1. The fourth-order valence-corrected chi connectivity index (χ4v) is 2.09. The number of rotatable bonds is 5. The third kappa shape index (κ3) is 3.61. The molecule has 2 rings (SSSR count). The zero-order valence-corrected chi connectivity index (χ0v) is 13.3. The standard InChI is InChI=1S/C16H23N3O2/c1-9(2)8-20-14-10(3)6-13(7-11(14)4)15-18-16(12(5)17)21-19-15/h6-7,9,12H,8,17H2,1-5H3/t12-/m1/s1. The molecule has 0 saturated carbocycles. The highest BCUT2D eigenvalue weighted by atomic mass is 16.5. The van der Waals surface area contributed by atoms with Gasteiger partial charge in [-0.05, 0) is 49.9 Å². The first-order chi connectivity index (χ1) is 9.88. The van der Waals surface area contributed by atoms with E-state index in [1.807, 2.05) is 32.9 Å². The highest BCUT2D eigenvalue weighted by Gasteiger charge is 2.14. The highest BCUT2D eigenvalue weighted by Crippen LogP contribution is 2.29. The van der Waals surface area contributed by atoms with Crippen LogP contribution in [0.1, 0.15) is 43.8 Å². The summed E-state index contributed by atoms with van der Waals surface area (Å²) in [7, 11) is 0. The van der Waals surface area contributed by atoms with Gasteiger partial charge in [-0.3, -0.25) is 0 Å². The predicted octanol–water partition coefficient (Wildman–Crippen LogP) is 3.41. The molecule has 0 aliphatic carbocycles. The van der Waals surface area contributed by atoms with E-state index in [1.165, 1.54) is 0 Å². The molecule has 0 aliphatic rings. The number of benzene rings is 1. The lowest BCUT2D eigenvalue weighted by Gasteiger charge is -2.14. The largest absolute Gasteiger partial charge is 0.493 e. The van der Waals surface area contributed by atoms with Crippen molar-refractivity contribution < 1.29 is 9.26 Å². The maximum Gasteiger partial charge on any atom is 0.243 e. The van der Waals surface area contributed by atoms with Crippen LogP contribution >= 0.6 is 0 Å². The molecular weight excluding hydrogens is 266 g/mol. The molecule has 5 heteroatoms. The Morgan fingerprint density at radius 2 is 1.81 bits per heavy atom. The molecule has 0 aliphatic heterocycles. The van der Waals surface area contributed by atoms with E-state index in [9.17, 15) is 0 Å². The molecule has 0 saturated heterocycles. The van der Waals surface area contributed by atoms with Gasteiger partial charge in [-0.15, -0.1) is 0 Å². The van der Waals surface area contributed by atoms with Gasteiger partial charge < -0.3 is 15.0 Å². The van der Waals surface area contributed by atoms with Gasteiger partial charge in [0.15, 0.2) is 0 Å². The van der Waals surface area contributed by atoms with E-state index in [4.69, 9.17) is 15.0 Å². The molecule has 0 unspecified atom stereocenters. The first-order valence-electron chi connectivity index (χ1n) is 7.22. The average molecular weight is 289 g/mol. The molecule has 2 aromatic rings. The lowest BCUT2D eigenvalue weighted by molar-refractivity contribution is 0.268. The fraction of sp³-hybridized carbons (Fsp3) is 0.500. The van der Waals surface area contributed by atoms with Crippen molar-refractivity contribution in [3.8, 4) is 17.1 Å². The fourth-order valence-electron chi connectivity index (χ4n) is 2.09. The van der Waals surface area contributed by atoms with E-state index in [1.54, 1.807) is 0 Å². The number of nitrogens with zero attached hydrogens (tertiary/aromatic N) is 2. The Balaban J connectivity index is 2.30. The summed E-state index contributed by atoms with van der Waals surface area (Å²) >= 11 is 0. The van der Waals surface area contributed by atoms with Crippen LogP contribution in [-0.2, 0) is 0 Å². The third-order valence-corrected chi connectivity index (χ3v) is 3.11. The van der Waals surface area contributed by atoms with Gasteiger partial charge in [-0.2, -0.15) is 4.98 Å². The molecule has 0 bridgehead atoms. The van der Waals surface area contributed by atoms with Gasteiger partial charge in [0.1, 0.15) is 5.75 Å². The van der Waals surface area contributed by atoms with Crippen LogP contribution in [0.2, 0.25) is 0 Å². The van der Waals surface area contributed by atoms with E-state index in [0.29, 0.717) is 24.2 Å². The Morgan fingerprint density at radius 1 is 1.19 bits per heavy atom. The van der Waals surface area contributed by atoms with Crippen LogP contribution < -0.4 is 10.5 Å². The molecule has 0 fully saturated rings. The minimum atomic E-state index is -0.262.